The van der Waals surface area contributed by atoms with Crippen molar-refractivity contribution < 1.29 is 0 Å². The molecular formula is C12H13N3S. The van der Waals surface area contributed by atoms with Crippen LogP contribution in [0.4, 0.5) is 0 Å². The van der Waals surface area contributed by atoms with E-state index >= 15 is 0 Å². The lowest BCUT2D eigenvalue weighted by Gasteiger charge is -2.10. The number of benzene rings is 1. The fraction of sp³-hybridized carbons (Fsp3) is 0.167. The maximum Gasteiger partial charge on any atom is 0.192 e. The van der Waals surface area contributed by atoms with Gasteiger partial charge in [-0.1, -0.05) is 18.2 Å². The molecule has 0 radical (unpaired) electrons. The van der Waals surface area contributed by atoms with Crippen molar-refractivity contribution >= 4 is 11.8 Å². The lowest BCUT2D eigenvalue weighted by atomic mass is 10.1. The predicted octanol–water partition coefficient (Wildman–Crippen LogP) is 2.65. The van der Waals surface area contributed by atoms with Crippen LogP contribution in [0.1, 0.15) is 18.5 Å². The van der Waals surface area contributed by atoms with Gasteiger partial charge >= 0.3 is 0 Å². The summed E-state index contributed by atoms with van der Waals surface area (Å²) in [4.78, 5) is 9.49. The minimum Gasteiger partial charge on any atom is -0.324 e. The Labute approximate surface area is 99.1 Å². The van der Waals surface area contributed by atoms with Crippen LogP contribution in [0.2, 0.25) is 0 Å². The van der Waals surface area contributed by atoms with Gasteiger partial charge in [-0.2, -0.15) is 0 Å². The van der Waals surface area contributed by atoms with Gasteiger partial charge in [0.15, 0.2) is 5.16 Å². The van der Waals surface area contributed by atoms with Crippen molar-refractivity contribution in [2.24, 2.45) is 5.73 Å². The molecule has 3 nitrogen and oxygen atoms in total. The lowest BCUT2D eigenvalue weighted by Crippen LogP contribution is -2.06. The SMILES string of the molecule is C[C@H](N)c1ccccc1Sc1ncccn1. The normalized spacial score (nSPS) is 12.4. The largest absolute Gasteiger partial charge is 0.324 e. The van der Waals surface area contributed by atoms with E-state index in [1.807, 2.05) is 37.3 Å². The molecule has 16 heavy (non-hydrogen) atoms. The molecule has 1 atom stereocenters. The average molecular weight is 231 g/mol. The van der Waals surface area contributed by atoms with E-state index in [9.17, 15) is 0 Å². The summed E-state index contributed by atoms with van der Waals surface area (Å²) in [7, 11) is 0. The molecule has 1 heterocycles. The molecule has 0 aliphatic heterocycles. The molecule has 82 valence electrons. The first-order valence-electron chi connectivity index (χ1n) is 5.07. The zero-order chi connectivity index (χ0) is 11.4. The third-order valence-corrected chi connectivity index (χ3v) is 3.14. The van der Waals surface area contributed by atoms with Gasteiger partial charge in [-0.15, -0.1) is 0 Å². The number of hydrogen-bond acceptors (Lipinski definition) is 4. The molecule has 4 heteroatoms. The van der Waals surface area contributed by atoms with Crippen molar-refractivity contribution in [2.45, 2.75) is 23.0 Å². The number of nitrogens with zero attached hydrogens (tertiary/aromatic N) is 2. The summed E-state index contributed by atoms with van der Waals surface area (Å²) in [6.07, 6.45) is 3.48. The molecule has 0 saturated carbocycles. The van der Waals surface area contributed by atoms with Crippen LogP contribution < -0.4 is 5.73 Å². The lowest BCUT2D eigenvalue weighted by molar-refractivity contribution is 0.796. The Hall–Kier alpha value is -1.39. The molecule has 0 amide bonds. The summed E-state index contributed by atoms with van der Waals surface area (Å²) in [5.41, 5.74) is 7.04. The minimum atomic E-state index is 0.0208. The first kappa shape index (κ1) is 11.1. The molecule has 0 aliphatic rings. The van der Waals surface area contributed by atoms with Gasteiger partial charge in [-0.3, -0.25) is 0 Å². The van der Waals surface area contributed by atoms with E-state index < -0.39 is 0 Å². The maximum absolute atomic E-state index is 5.91. The molecule has 0 bridgehead atoms. The molecule has 1 aromatic carbocycles. The molecule has 0 aliphatic carbocycles. The van der Waals surface area contributed by atoms with Crippen LogP contribution in [0.3, 0.4) is 0 Å². The molecule has 1 aromatic heterocycles. The Bertz CT molecular complexity index is 457. The van der Waals surface area contributed by atoms with E-state index in [0.717, 1.165) is 15.6 Å². The zero-order valence-electron chi connectivity index (χ0n) is 9.00. The van der Waals surface area contributed by atoms with Crippen molar-refractivity contribution in [3.8, 4) is 0 Å². The van der Waals surface area contributed by atoms with Gasteiger partial charge in [0, 0.05) is 23.3 Å². The van der Waals surface area contributed by atoms with Gasteiger partial charge in [0.2, 0.25) is 0 Å². The van der Waals surface area contributed by atoms with Gasteiger partial charge in [-0.25, -0.2) is 9.97 Å². The standard InChI is InChI=1S/C12H13N3S/c1-9(13)10-5-2-3-6-11(10)16-12-14-7-4-8-15-12/h2-9H,13H2,1H3/t9-/m0/s1. The van der Waals surface area contributed by atoms with Crippen molar-refractivity contribution in [2.75, 3.05) is 0 Å². The fourth-order valence-electron chi connectivity index (χ4n) is 1.39. The smallest absolute Gasteiger partial charge is 0.192 e. The molecule has 2 aromatic rings. The summed E-state index contributed by atoms with van der Waals surface area (Å²) in [6.45, 7) is 1.98. The first-order chi connectivity index (χ1) is 7.77. The number of aromatic nitrogens is 2. The van der Waals surface area contributed by atoms with Gasteiger partial charge in [0.05, 0.1) is 0 Å². The molecule has 2 rings (SSSR count). The van der Waals surface area contributed by atoms with E-state index in [1.54, 1.807) is 24.2 Å². The van der Waals surface area contributed by atoms with E-state index in [-0.39, 0.29) is 6.04 Å². The Balaban J connectivity index is 2.28. The molecule has 0 saturated heterocycles. The second-order valence-corrected chi connectivity index (χ2v) is 4.47. The highest BCUT2D eigenvalue weighted by atomic mass is 32.2. The highest BCUT2D eigenvalue weighted by Gasteiger charge is 2.08. The first-order valence-corrected chi connectivity index (χ1v) is 5.88. The fourth-order valence-corrected chi connectivity index (χ4v) is 2.33. The highest BCUT2D eigenvalue weighted by Crippen LogP contribution is 2.29. The maximum atomic E-state index is 5.91. The van der Waals surface area contributed by atoms with Crippen LogP contribution in [-0.4, -0.2) is 9.97 Å². The van der Waals surface area contributed by atoms with E-state index in [1.165, 1.54) is 0 Å². The van der Waals surface area contributed by atoms with Crippen LogP contribution in [-0.2, 0) is 0 Å². The molecular weight excluding hydrogens is 218 g/mol. The van der Waals surface area contributed by atoms with Gasteiger partial charge in [-0.05, 0) is 36.4 Å². The van der Waals surface area contributed by atoms with Crippen LogP contribution in [0, 0.1) is 0 Å². The second-order valence-electron chi connectivity index (χ2n) is 3.46. The van der Waals surface area contributed by atoms with E-state index in [0.29, 0.717) is 0 Å². The summed E-state index contributed by atoms with van der Waals surface area (Å²) in [6, 6.07) is 9.90. The zero-order valence-corrected chi connectivity index (χ0v) is 9.82. The Kier molecular flexibility index (Phi) is 3.54. The Morgan fingerprint density at radius 1 is 1.12 bits per heavy atom. The van der Waals surface area contributed by atoms with Crippen molar-refractivity contribution in [1.82, 2.24) is 9.97 Å². The topological polar surface area (TPSA) is 51.8 Å². The highest BCUT2D eigenvalue weighted by molar-refractivity contribution is 7.99. The molecule has 2 N–H and O–H groups in total. The van der Waals surface area contributed by atoms with Gasteiger partial charge < -0.3 is 5.73 Å². The third kappa shape index (κ3) is 2.59. The van der Waals surface area contributed by atoms with E-state index in [4.69, 9.17) is 5.73 Å². The molecule has 0 fully saturated rings. The molecule has 0 spiro atoms. The summed E-state index contributed by atoms with van der Waals surface area (Å²) < 4.78 is 0. The van der Waals surface area contributed by atoms with Crippen molar-refractivity contribution in [3.05, 3.63) is 48.3 Å². The summed E-state index contributed by atoms with van der Waals surface area (Å²) >= 11 is 1.54. The van der Waals surface area contributed by atoms with Crippen LogP contribution in [0.5, 0.6) is 0 Å². The van der Waals surface area contributed by atoms with Crippen LogP contribution in [0.15, 0.2) is 52.8 Å². The summed E-state index contributed by atoms with van der Waals surface area (Å²) in [5.74, 6) is 0. The number of nitrogens with two attached hydrogens (primary N) is 1. The summed E-state index contributed by atoms with van der Waals surface area (Å²) in [5, 5.41) is 0.746. The van der Waals surface area contributed by atoms with Gasteiger partial charge in [0.1, 0.15) is 0 Å². The molecule has 0 unspecified atom stereocenters. The second kappa shape index (κ2) is 5.09. The average Bonchev–Trinajstić information content (AvgIpc) is 2.31. The third-order valence-electron chi connectivity index (χ3n) is 2.15. The quantitative estimate of drug-likeness (QED) is 0.825. The van der Waals surface area contributed by atoms with Gasteiger partial charge in [0.25, 0.3) is 0 Å². The van der Waals surface area contributed by atoms with Crippen LogP contribution in [0.25, 0.3) is 0 Å². The Morgan fingerprint density at radius 2 is 1.81 bits per heavy atom. The minimum absolute atomic E-state index is 0.0208. The number of rotatable bonds is 3. The monoisotopic (exact) mass is 231 g/mol. The Morgan fingerprint density at radius 3 is 2.50 bits per heavy atom. The van der Waals surface area contributed by atoms with Crippen molar-refractivity contribution in [3.63, 3.8) is 0 Å². The van der Waals surface area contributed by atoms with Crippen molar-refractivity contribution in [1.29, 1.82) is 0 Å². The van der Waals surface area contributed by atoms with E-state index in [2.05, 4.69) is 9.97 Å². The number of hydrogen-bond donors (Lipinski definition) is 1. The predicted molar refractivity (Wildman–Crippen MR) is 65.2 cm³/mol. The van der Waals surface area contributed by atoms with Crippen LogP contribution >= 0.6 is 11.8 Å².